The molecule has 1 aromatic heterocycles. The summed E-state index contributed by atoms with van der Waals surface area (Å²) >= 11 is 0. The van der Waals surface area contributed by atoms with Crippen LogP contribution < -0.4 is 10.6 Å². The SMILES string of the molecule is Cc1c(C(C)(C)C)nn(-c2ccccc2)c1NC(=O)NC1C2CCOC2C1(C)C. The molecule has 1 aliphatic heterocycles. The first-order valence-electron chi connectivity index (χ1n) is 10.5. The van der Waals surface area contributed by atoms with Crippen molar-refractivity contribution in [1.29, 1.82) is 0 Å². The Balaban J connectivity index is 1.61. The van der Waals surface area contributed by atoms with Crippen molar-refractivity contribution in [2.75, 3.05) is 11.9 Å². The van der Waals surface area contributed by atoms with Gasteiger partial charge in [0.05, 0.1) is 17.5 Å². The first kappa shape index (κ1) is 20.0. The fourth-order valence-electron chi connectivity index (χ4n) is 5.01. The van der Waals surface area contributed by atoms with Gasteiger partial charge in [-0.2, -0.15) is 5.10 Å². The maximum absolute atomic E-state index is 13.0. The summed E-state index contributed by atoms with van der Waals surface area (Å²) in [4.78, 5) is 13.0. The molecule has 0 radical (unpaired) electrons. The van der Waals surface area contributed by atoms with Crippen molar-refractivity contribution in [1.82, 2.24) is 15.1 Å². The number of rotatable bonds is 3. The van der Waals surface area contributed by atoms with E-state index in [1.54, 1.807) is 0 Å². The molecule has 6 nitrogen and oxygen atoms in total. The number of anilines is 1. The first-order valence-corrected chi connectivity index (χ1v) is 10.5. The van der Waals surface area contributed by atoms with Crippen molar-refractivity contribution in [2.45, 2.75) is 65.5 Å². The fraction of sp³-hybridized carbons (Fsp3) is 0.565. The largest absolute Gasteiger partial charge is 0.377 e. The average Bonchev–Trinajstić information content (AvgIpc) is 3.24. The van der Waals surface area contributed by atoms with Gasteiger partial charge in [-0.25, -0.2) is 9.48 Å². The van der Waals surface area contributed by atoms with E-state index in [0.29, 0.717) is 5.92 Å². The van der Waals surface area contributed by atoms with Crippen molar-refractivity contribution in [2.24, 2.45) is 11.3 Å². The molecule has 1 aromatic carbocycles. The lowest BCUT2D eigenvalue weighted by Crippen LogP contribution is -2.67. The van der Waals surface area contributed by atoms with Gasteiger partial charge >= 0.3 is 6.03 Å². The Morgan fingerprint density at radius 2 is 1.93 bits per heavy atom. The monoisotopic (exact) mass is 396 g/mol. The Labute approximate surface area is 173 Å². The molecule has 1 saturated carbocycles. The van der Waals surface area contributed by atoms with Crippen LogP contribution in [-0.4, -0.2) is 34.6 Å². The van der Waals surface area contributed by atoms with Crippen LogP contribution in [-0.2, 0) is 10.2 Å². The normalized spacial score (nSPS) is 25.2. The van der Waals surface area contributed by atoms with Gasteiger partial charge in [-0.1, -0.05) is 52.8 Å². The lowest BCUT2D eigenvalue weighted by Gasteiger charge is -2.54. The zero-order valence-electron chi connectivity index (χ0n) is 18.2. The highest BCUT2D eigenvalue weighted by Gasteiger charge is 2.59. The van der Waals surface area contributed by atoms with Crippen molar-refractivity contribution in [3.8, 4) is 5.69 Å². The summed E-state index contributed by atoms with van der Waals surface area (Å²) in [5.41, 5.74) is 2.72. The fourth-order valence-corrected chi connectivity index (χ4v) is 5.01. The Kier molecular flexibility index (Phi) is 4.73. The molecule has 2 fully saturated rings. The molecule has 4 rings (SSSR count). The Morgan fingerprint density at radius 3 is 2.59 bits per heavy atom. The second-order valence-electron chi connectivity index (χ2n) is 9.96. The third-order valence-corrected chi connectivity index (χ3v) is 6.45. The Hall–Kier alpha value is -2.34. The first-order chi connectivity index (χ1) is 13.6. The lowest BCUT2D eigenvalue weighted by atomic mass is 9.57. The summed E-state index contributed by atoms with van der Waals surface area (Å²) in [6.45, 7) is 13.6. The molecule has 29 heavy (non-hydrogen) atoms. The quantitative estimate of drug-likeness (QED) is 0.807. The second-order valence-corrected chi connectivity index (χ2v) is 9.96. The topological polar surface area (TPSA) is 68.2 Å². The number of para-hydroxylation sites is 1. The number of nitrogens with one attached hydrogen (secondary N) is 2. The van der Waals surface area contributed by atoms with Crippen LogP contribution in [0.4, 0.5) is 10.6 Å². The molecule has 1 aliphatic carbocycles. The number of hydrogen-bond acceptors (Lipinski definition) is 3. The number of benzene rings is 1. The number of amides is 2. The summed E-state index contributed by atoms with van der Waals surface area (Å²) in [6, 6.07) is 9.85. The van der Waals surface area contributed by atoms with Crippen LogP contribution in [0.15, 0.2) is 30.3 Å². The molecule has 2 aliphatic rings. The van der Waals surface area contributed by atoms with Crippen molar-refractivity contribution >= 4 is 11.8 Å². The van der Waals surface area contributed by atoms with Gasteiger partial charge in [0, 0.05) is 35.0 Å². The molecule has 6 heteroatoms. The van der Waals surface area contributed by atoms with E-state index < -0.39 is 0 Å². The maximum Gasteiger partial charge on any atom is 0.320 e. The molecule has 2 amide bonds. The van der Waals surface area contributed by atoms with Crippen molar-refractivity contribution in [3.63, 3.8) is 0 Å². The maximum atomic E-state index is 13.0. The smallest absolute Gasteiger partial charge is 0.320 e. The van der Waals surface area contributed by atoms with E-state index in [2.05, 4.69) is 45.3 Å². The number of ether oxygens (including phenoxy) is 1. The minimum Gasteiger partial charge on any atom is -0.377 e. The average molecular weight is 397 g/mol. The molecule has 2 aromatic rings. The van der Waals surface area contributed by atoms with Gasteiger partial charge in [0.2, 0.25) is 0 Å². The third kappa shape index (κ3) is 3.33. The molecular weight excluding hydrogens is 364 g/mol. The number of urea groups is 1. The minimum atomic E-state index is -0.186. The number of aromatic nitrogens is 2. The predicted octanol–water partition coefficient (Wildman–Crippen LogP) is 4.41. The number of fused-ring (bicyclic) bond motifs is 1. The second kappa shape index (κ2) is 6.87. The molecule has 0 bridgehead atoms. The summed E-state index contributed by atoms with van der Waals surface area (Å²) in [5.74, 6) is 1.12. The molecular formula is C23H32N4O2. The number of carbonyl (C=O) groups excluding carboxylic acids is 1. The summed E-state index contributed by atoms with van der Waals surface area (Å²) in [6.07, 6.45) is 1.26. The van der Waals surface area contributed by atoms with Gasteiger partial charge in [0.1, 0.15) is 5.82 Å². The van der Waals surface area contributed by atoms with Crippen LogP contribution in [0, 0.1) is 18.3 Å². The van der Waals surface area contributed by atoms with Crippen LogP contribution in [0.2, 0.25) is 0 Å². The van der Waals surface area contributed by atoms with Crippen LogP contribution in [0.1, 0.15) is 52.3 Å². The molecule has 3 unspecified atom stereocenters. The molecule has 156 valence electrons. The number of carbonyl (C=O) groups is 1. The zero-order valence-corrected chi connectivity index (χ0v) is 18.2. The summed E-state index contributed by atoms with van der Waals surface area (Å²) in [5, 5.41) is 11.2. The molecule has 2 heterocycles. The Bertz CT molecular complexity index is 911. The van der Waals surface area contributed by atoms with Gasteiger partial charge in [-0.15, -0.1) is 0 Å². The molecule has 3 atom stereocenters. The van der Waals surface area contributed by atoms with E-state index in [1.165, 1.54) is 0 Å². The van der Waals surface area contributed by atoms with Gasteiger partial charge in [-0.3, -0.25) is 5.32 Å². The lowest BCUT2D eigenvalue weighted by molar-refractivity contribution is -0.107. The number of nitrogens with zero attached hydrogens (tertiary/aromatic N) is 2. The van der Waals surface area contributed by atoms with Crippen LogP contribution in [0.25, 0.3) is 5.69 Å². The van der Waals surface area contributed by atoms with E-state index >= 15 is 0 Å². The van der Waals surface area contributed by atoms with E-state index in [4.69, 9.17) is 9.84 Å². The van der Waals surface area contributed by atoms with Gasteiger partial charge in [-0.05, 0) is 25.5 Å². The highest BCUT2D eigenvalue weighted by Crippen LogP contribution is 2.52. The van der Waals surface area contributed by atoms with Gasteiger partial charge in [0.25, 0.3) is 0 Å². The Morgan fingerprint density at radius 1 is 1.24 bits per heavy atom. The van der Waals surface area contributed by atoms with Crippen LogP contribution in [0.3, 0.4) is 0 Å². The van der Waals surface area contributed by atoms with Crippen molar-refractivity contribution < 1.29 is 9.53 Å². The van der Waals surface area contributed by atoms with E-state index in [-0.39, 0.29) is 29.0 Å². The van der Waals surface area contributed by atoms with Crippen molar-refractivity contribution in [3.05, 3.63) is 41.6 Å². The molecule has 2 N–H and O–H groups in total. The number of hydrogen-bond donors (Lipinski definition) is 2. The van der Waals surface area contributed by atoms with Crippen LogP contribution in [0.5, 0.6) is 0 Å². The van der Waals surface area contributed by atoms with E-state index in [1.807, 2.05) is 41.9 Å². The van der Waals surface area contributed by atoms with Gasteiger partial charge < -0.3 is 10.1 Å². The summed E-state index contributed by atoms with van der Waals surface area (Å²) in [7, 11) is 0. The van der Waals surface area contributed by atoms with E-state index in [0.717, 1.165) is 35.8 Å². The highest BCUT2D eigenvalue weighted by atomic mass is 16.5. The van der Waals surface area contributed by atoms with E-state index in [9.17, 15) is 4.79 Å². The van der Waals surface area contributed by atoms with Crippen LogP contribution >= 0.6 is 0 Å². The molecule has 1 saturated heterocycles. The van der Waals surface area contributed by atoms with Gasteiger partial charge in [0.15, 0.2) is 0 Å². The standard InChI is InChI=1S/C23H32N4O2/c1-14-17(22(2,3)4)26-27(15-10-8-7-9-11-15)20(14)25-21(28)24-18-16-12-13-29-19(16)23(18,5)6/h7-11,16,18-19H,12-13H2,1-6H3,(H2,24,25,28). The highest BCUT2D eigenvalue weighted by molar-refractivity contribution is 5.90. The zero-order chi connectivity index (χ0) is 21.0. The predicted molar refractivity (Wildman–Crippen MR) is 115 cm³/mol. The third-order valence-electron chi connectivity index (χ3n) is 6.45. The minimum absolute atomic E-state index is 0.0518. The summed E-state index contributed by atoms with van der Waals surface area (Å²) < 4.78 is 7.68. The molecule has 0 spiro atoms.